The van der Waals surface area contributed by atoms with E-state index >= 15 is 0 Å². The molecule has 0 spiro atoms. The van der Waals surface area contributed by atoms with Crippen LogP contribution in [0.3, 0.4) is 0 Å². The van der Waals surface area contributed by atoms with E-state index in [4.69, 9.17) is 0 Å². The molecule has 1 aliphatic rings. The third kappa shape index (κ3) is 4.60. The molecule has 5 heteroatoms. The quantitative estimate of drug-likeness (QED) is 0.796. The lowest BCUT2D eigenvalue weighted by Crippen LogP contribution is -2.17. The summed E-state index contributed by atoms with van der Waals surface area (Å²) < 4.78 is 0. The van der Waals surface area contributed by atoms with Crippen molar-refractivity contribution < 1.29 is 0 Å². The maximum absolute atomic E-state index is 4.52. The highest BCUT2D eigenvalue weighted by Gasteiger charge is 2.11. The van der Waals surface area contributed by atoms with Gasteiger partial charge in [0.2, 0.25) is 5.95 Å². The van der Waals surface area contributed by atoms with E-state index in [9.17, 15) is 0 Å². The number of benzene rings is 1. The second-order valence-corrected chi connectivity index (χ2v) is 6.74. The third-order valence-electron chi connectivity index (χ3n) is 4.28. The molecular weight excluding hydrogens is 298 g/mol. The molecule has 0 amide bonds. The molecule has 1 saturated heterocycles. The molecule has 0 bridgehead atoms. The molecule has 128 valence electrons. The van der Waals surface area contributed by atoms with Gasteiger partial charge in [0.1, 0.15) is 5.82 Å². The van der Waals surface area contributed by atoms with E-state index in [0.29, 0.717) is 11.9 Å². The molecule has 1 aromatic carbocycles. The number of nitrogens with one attached hydrogen (secondary N) is 2. The molecule has 5 nitrogen and oxygen atoms in total. The summed E-state index contributed by atoms with van der Waals surface area (Å²) >= 11 is 0. The van der Waals surface area contributed by atoms with Crippen LogP contribution in [0.4, 0.5) is 23.1 Å². The Balaban J connectivity index is 1.58. The summed E-state index contributed by atoms with van der Waals surface area (Å²) in [6.07, 6.45) is 5.51. The van der Waals surface area contributed by atoms with Crippen molar-refractivity contribution in [3.63, 3.8) is 0 Å². The Hall–Kier alpha value is -2.30. The highest BCUT2D eigenvalue weighted by atomic mass is 15.2. The van der Waals surface area contributed by atoms with E-state index in [-0.39, 0.29) is 0 Å². The number of anilines is 4. The zero-order valence-electron chi connectivity index (χ0n) is 14.6. The molecule has 0 saturated carbocycles. The average Bonchev–Trinajstić information content (AvgIpc) is 3.10. The summed E-state index contributed by atoms with van der Waals surface area (Å²) in [5.74, 6) is 2.17. The lowest BCUT2D eigenvalue weighted by molar-refractivity contribution is 0.606. The second-order valence-electron chi connectivity index (χ2n) is 6.74. The van der Waals surface area contributed by atoms with Crippen molar-refractivity contribution in [2.75, 3.05) is 35.2 Å². The fourth-order valence-corrected chi connectivity index (χ4v) is 2.87. The van der Waals surface area contributed by atoms with Crippen LogP contribution in [0.2, 0.25) is 0 Å². The van der Waals surface area contributed by atoms with Gasteiger partial charge in [0, 0.05) is 37.2 Å². The van der Waals surface area contributed by atoms with Gasteiger partial charge in [-0.2, -0.15) is 4.98 Å². The van der Waals surface area contributed by atoms with Crippen molar-refractivity contribution in [2.24, 2.45) is 5.92 Å². The minimum Gasteiger partial charge on any atom is -0.372 e. The minimum atomic E-state index is 0.624. The standard InChI is InChI=1S/C19H27N5/c1-15(2)9-11-20-18-10-12-21-19(23-18)22-16-5-7-17(8-6-16)24-13-3-4-14-24/h5-8,10,12,15H,3-4,9,11,13-14H2,1-2H3,(H2,20,21,22,23). The molecule has 0 aliphatic carbocycles. The summed E-state index contributed by atoms with van der Waals surface area (Å²) in [5, 5.41) is 6.63. The maximum atomic E-state index is 4.52. The molecule has 2 heterocycles. The lowest BCUT2D eigenvalue weighted by atomic mass is 10.1. The minimum absolute atomic E-state index is 0.624. The van der Waals surface area contributed by atoms with Crippen LogP contribution in [-0.4, -0.2) is 29.6 Å². The largest absolute Gasteiger partial charge is 0.372 e. The summed E-state index contributed by atoms with van der Waals surface area (Å²) in [6.45, 7) is 7.71. The molecule has 2 N–H and O–H groups in total. The zero-order chi connectivity index (χ0) is 16.8. The van der Waals surface area contributed by atoms with Gasteiger partial charge < -0.3 is 15.5 Å². The monoisotopic (exact) mass is 325 g/mol. The first-order chi connectivity index (χ1) is 11.7. The molecule has 24 heavy (non-hydrogen) atoms. The van der Waals surface area contributed by atoms with Crippen LogP contribution in [0, 0.1) is 5.92 Å². The van der Waals surface area contributed by atoms with Gasteiger partial charge in [-0.3, -0.25) is 0 Å². The normalized spacial score (nSPS) is 14.2. The SMILES string of the molecule is CC(C)CCNc1ccnc(Nc2ccc(N3CCCC3)cc2)n1. The Morgan fingerprint density at radius 2 is 1.83 bits per heavy atom. The number of hydrogen-bond acceptors (Lipinski definition) is 5. The first-order valence-corrected chi connectivity index (χ1v) is 8.89. The molecule has 1 aliphatic heterocycles. The molecule has 3 rings (SSSR count). The van der Waals surface area contributed by atoms with Crippen molar-refractivity contribution >= 4 is 23.1 Å². The van der Waals surface area contributed by atoms with Gasteiger partial charge in [0.15, 0.2) is 0 Å². The van der Waals surface area contributed by atoms with Gasteiger partial charge in [0.05, 0.1) is 0 Å². The zero-order valence-corrected chi connectivity index (χ0v) is 14.6. The van der Waals surface area contributed by atoms with E-state index in [0.717, 1.165) is 24.5 Å². The van der Waals surface area contributed by atoms with Crippen LogP contribution in [0.15, 0.2) is 36.5 Å². The van der Waals surface area contributed by atoms with Gasteiger partial charge in [-0.25, -0.2) is 4.98 Å². The lowest BCUT2D eigenvalue weighted by Gasteiger charge is -2.17. The van der Waals surface area contributed by atoms with E-state index in [1.165, 1.54) is 31.6 Å². The van der Waals surface area contributed by atoms with E-state index < -0.39 is 0 Å². The highest BCUT2D eigenvalue weighted by Crippen LogP contribution is 2.23. The third-order valence-corrected chi connectivity index (χ3v) is 4.28. The first-order valence-electron chi connectivity index (χ1n) is 8.89. The van der Waals surface area contributed by atoms with Crippen molar-refractivity contribution in [3.05, 3.63) is 36.5 Å². The van der Waals surface area contributed by atoms with Crippen LogP contribution in [-0.2, 0) is 0 Å². The second kappa shape index (κ2) is 7.99. The summed E-state index contributed by atoms with van der Waals surface area (Å²) in [7, 11) is 0. The number of hydrogen-bond donors (Lipinski definition) is 2. The van der Waals surface area contributed by atoms with E-state index in [1.54, 1.807) is 6.20 Å². The molecule has 1 fully saturated rings. The van der Waals surface area contributed by atoms with Gasteiger partial charge in [0.25, 0.3) is 0 Å². The topological polar surface area (TPSA) is 53.1 Å². The first kappa shape index (κ1) is 16.6. The van der Waals surface area contributed by atoms with Crippen molar-refractivity contribution in [3.8, 4) is 0 Å². The number of aromatic nitrogens is 2. The Morgan fingerprint density at radius 3 is 2.54 bits per heavy atom. The molecule has 1 aromatic heterocycles. The number of nitrogens with zero attached hydrogens (tertiary/aromatic N) is 3. The van der Waals surface area contributed by atoms with Crippen LogP contribution in [0.1, 0.15) is 33.1 Å². The summed E-state index contributed by atoms with van der Waals surface area (Å²) in [5.41, 5.74) is 2.31. The number of rotatable bonds is 7. The summed E-state index contributed by atoms with van der Waals surface area (Å²) in [4.78, 5) is 11.3. The Morgan fingerprint density at radius 1 is 1.08 bits per heavy atom. The van der Waals surface area contributed by atoms with E-state index in [1.807, 2.05) is 6.07 Å². The molecule has 0 atom stereocenters. The van der Waals surface area contributed by atoms with Crippen LogP contribution in [0.25, 0.3) is 0 Å². The average molecular weight is 325 g/mol. The van der Waals surface area contributed by atoms with Crippen LogP contribution in [0.5, 0.6) is 0 Å². The maximum Gasteiger partial charge on any atom is 0.229 e. The van der Waals surface area contributed by atoms with Crippen molar-refractivity contribution in [2.45, 2.75) is 33.1 Å². The van der Waals surface area contributed by atoms with Crippen LogP contribution >= 0.6 is 0 Å². The van der Waals surface area contributed by atoms with Crippen molar-refractivity contribution in [1.29, 1.82) is 0 Å². The molecule has 0 radical (unpaired) electrons. The fraction of sp³-hybridized carbons (Fsp3) is 0.474. The molecule has 2 aromatic rings. The predicted octanol–water partition coefficient (Wildman–Crippen LogP) is 4.28. The highest BCUT2D eigenvalue weighted by molar-refractivity contribution is 5.60. The van der Waals surface area contributed by atoms with Gasteiger partial charge >= 0.3 is 0 Å². The Bertz CT molecular complexity index is 632. The Kier molecular flexibility index (Phi) is 5.51. The summed E-state index contributed by atoms with van der Waals surface area (Å²) in [6, 6.07) is 10.4. The van der Waals surface area contributed by atoms with Crippen LogP contribution < -0.4 is 15.5 Å². The van der Waals surface area contributed by atoms with Crippen molar-refractivity contribution in [1.82, 2.24) is 9.97 Å². The molecule has 0 unspecified atom stereocenters. The van der Waals surface area contributed by atoms with Gasteiger partial charge in [-0.05, 0) is 55.5 Å². The Labute approximate surface area is 144 Å². The van der Waals surface area contributed by atoms with Gasteiger partial charge in [-0.15, -0.1) is 0 Å². The smallest absolute Gasteiger partial charge is 0.229 e. The van der Waals surface area contributed by atoms with Gasteiger partial charge in [-0.1, -0.05) is 13.8 Å². The predicted molar refractivity (Wildman–Crippen MR) is 101 cm³/mol. The fourth-order valence-electron chi connectivity index (χ4n) is 2.87. The molecular formula is C19H27N5. The van der Waals surface area contributed by atoms with E-state index in [2.05, 4.69) is 63.6 Å².